The first-order chi connectivity index (χ1) is 8.53. The summed E-state index contributed by atoms with van der Waals surface area (Å²) in [5.74, 6) is 1.43. The van der Waals surface area contributed by atoms with Gasteiger partial charge in [0.25, 0.3) is 0 Å². The average molecular weight is 253 g/mol. The maximum absolute atomic E-state index is 9.97. The van der Waals surface area contributed by atoms with Crippen LogP contribution in [0.5, 0.6) is 11.5 Å². The van der Waals surface area contributed by atoms with E-state index < -0.39 is 6.10 Å². The predicted octanol–water partition coefficient (Wildman–Crippen LogP) is 2.04. The first-order valence-electron chi connectivity index (χ1n) is 6.21. The first kappa shape index (κ1) is 14.8. The summed E-state index contributed by atoms with van der Waals surface area (Å²) in [6, 6.07) is 3.78. The zero-order chi connectivity index (χ0) is 13.7. The van der Waals surface area contributed by atoms with Crippen LogP contribution in [0.15, 0.2) is 12.1 Å². The van der Waals surface area contributed by atoms with Crippen molar-refractivity contribution in [2.24, 2.45) is 5.73 Å². The van der Waals surface area contributed by atoms with Crippen LogP contribution in [0, 0.1) is 0 Å². The summed E-state index contributed by atoms with van der Waals surface area (Å²) in [6.07, 6.45) is 0.798. The van der Waals surface area contributed by atoms with Crippen molar-refractivity contribution in [1.29, 1.82) is 0 Å². The molecule has 0 bridgehead atoms. The van der Waals surface area contributed by atoms with Gasteiger partial charge in [0.1, 0.15) is 11.5 Å². The number of nitrogens with two attached hydrogens (primary N) is 1. The van der Waals surface area contributed by atoms with Gasteiger partial charge in [0.15, 0.2) is 0 Å². The number of benzene rings is 1. The minimum Gasteiger partial charge on any atom is -0.496 e. The number of hydrogen-bond donors (Lipinski definition) is 2. The third-order valence-corrected chi connectivity index (χ3v) is 2.92. The fourth-order valence-electron chi connectivity index (χ4n) is 1.97. The molecule has 3 N–H and O–H groups in total. The molecule has 0 aliphatic heterocycles. The van der Waals surface area contributed by atoms with Crippen molar-refractivity contribution in [3.63, 3.8) is 0 Å². The van der Waals surface area contributed by atoms with E-state index in [-0.39, 0.29) is 6.04 Å². The number of rotatable bonds is 6. The van der Waals surface area contributed by atoms with Gasteiger partial charge >= 0.3 is 0 Å². The Hall–Kier alpha value is -1.26. The van der Waals surface area contributed by atoms with Crippen molar-refractivity contribution in [3.05, 3.63) is 23.3 Å². The molecule has 0 aromatic heterocycles. The lowest BCUT2D eigenvalue weighted by Crippen LogP contribution is -2.18. The summed E-state index contributed by atoms with van der Waals surface area (Å²) < 4.78 is 10.7. The second kappa shape index (κ2) is 6.61. The summed E-state index contributed by atoms with van der Waals surface area (Å²) in [5, 5.41) is 9.97. The molecule has 0 heterocycles. The number of aliphatic hydroxyl groups excluding tert-OH is 1. The molecule has 0 amide bonds. The van der Waals surface area contributed by atoms with Crippen molar-refractivity contribution < 1.29 is 14.6 Å². The fourth-order valence-corrected chi connectivity index (χ4v) is 1.97. The standard InChI is InChI=1S/C14H23NO3/c1-5-12(16)11-8-13(17-3)10(6-9(2)15)7-14(11)18-4/h7-9,12,16H,5-6,15H2,1-4H3/t9-,12?/m1/s1. The van der Waals surface area contributed by atoms with Crippen LogP contribution >= 0.6 is 0 Å². The highest BCUT2D eigenvalue weighted by Gasteiger charge is 2.16. The van der Waals surface area contributed by atoms with Crippen molar-refractivity contribution in [2.45, 2.75) is 38.8 Å². The van der Waals surface area contributed by atoms with E-state index in [1.165, 1.54) is 0 Å². The SMILES string of the molecule is CCC(O)c1cc(OC)c(C[C@@H](C)N)cc1OC. The monoisotopic (exact) mass is 253 g/mol. The lowest BCUT2D eigenvalue weighted by Gasteiger charge is -2.18. The maximum Gasteiger partial charge on any atom is 0.125 e. The lowest BCUT2D eigenvalue weighted by atomic mass is 9.99. The third-order valence-electron chi connectivity index (χ3n) is 2.92. The molecular formula is C14H23NO3. The smallest absolute Gasteiger partial charge is 0.125 e. The van der Waals surface area contributed by atoms with E-state index in [9.17, 15) is 5.11 Å². The number of aliphatic hydroxyl groups is 1. The lowest BCUT2D eigenvalue weighted by molar-refractivity contribution is 0.169. The second-order valence-electron chi connectivity index (χ2n) is 4.51. The van der Waals surface area contributed by atoms with Crippen LogP contribution in [-0.2, 0) is 6.42 Å². The third kappa shape index (κ3) is 3.37. The molecule has 18 heavy (non-hydrogen) atoms. The molecule has 0 saturated heterocycles. The Kier molecular flexibility index (Phi) is 5.44. The summed E-state index contributed by atoms with van der Waals surface area (Å²) in [6.45, 7) is 3.87. The van der Waals surface area contributed by atoms with Gasteiger partial charge in [0, 0.05) is 11.6 Å². The van der Waals surface area contributed by atoms with Gasteiger partial charge in [-0.1, -0.05) is 6.92 Å². The largest absolute Gasteiger partial charge is 0.496 e. The molecule has 0 fully saturated rings. The number of methoxy groups -OCH3 is 2. The molecule has 1 aromatic carbocycles. The first-order valence-corrected chi connectivity index (χ1v) is 6.21. The van der Waals surface area contributed by atoms with E-state index in [2.05, 4.69) is 0 Å². The highest BCUT2D eigenvalue weighted by Crippen LogP contribution is 2.34. The maximum atomic E-state index is 9.97. The van der Waals surface area contributed by atoms with Crippen molar-refractivity contribution >= 4 is 0 Å². The van der Waals surface area contributed by atoms with E-state index in [0.717, 1.165) is 16.9 Å². The Balaban J connectivity index is 3.23. The van der Waals surface area contributed by atoms with Gasteiger partial charge in [-0.15, -0.1) is 0 Å². The minimum absolute atomic E-state index is 0.0468. The van der Waals surface area contributed by atoms with Gasteiger partial charge < -0.3 is 20.3 Å². The Morgan fingerprint density at radius 1 is 1.22 bits per heavy atom. The molecule has 0 aliphatic carbocycles. The zero-order valence-corrected chi connectivity index (χ0v) is 11.6. The molecule has 1 rings (SSSR count). The molecule has 0 radical (unpaired) electrons. The fraction of sp³-hybridized carbons (Fsp3) is 0.571. The molecule has 0 aliphatic rings. The van der Waals surface area contributed by atoms with Crippen LogP contribution in [0.25, 0.3) is 0 Å². The van der Waals surface area contributed by atoms with Crippen LogP contribution in [0.1, 0.15) is 37.5 Å². The quantitative estimate of drug-likeness (QED) is 0.814. The molecule has 4 heteroatoms. The summed E-state index contributed by atoms with van der Waals surface area (Å²) in [4.78, 5) is 0. The zero-order valence-electron chi connectivity index (χ0n) is 11.6. The van der Waals surface area contributed by atoms with E-state index in [1.807, 2.05) is 26.0 Å². The molecule has 0 saturated carbocycles. The van der Waals surface area contributed by atoms with Crippen molar-refractivity contribution in [2.75, 3.05) is 14.2 Å². The molecular weight excluding hydrogens is 230 g/mol. The van der Waals surface area contributed by atoms with Gasteiger partial charge in [-0.3, -0.25) is 0 Å². The van der Waals surface area contributed by atoms with Gasteiger partial charge in [-0.25, -0.2) is 0 Å². The molecule has 2 atom stereocenters. The normalized spacial score (nSPS) is 14.1. The Morgan fingerprint density at radius 3 is 2.28 bits per heavy atom. The number of hydrogen-bond acceptors (Lipinski definition) is 4. The van der Waals surface area contributed by atoms with Crippen molar-refractivity contribution in [1.82, 2.24) is 0 Å². The summed E-state index contributed by atoms with van der Waals surface area (Å²) in [5.41, 5.74) is 7.57. The van der Waals surface area contributed by atoms with Crippen LogP contribution < -0.4 is 15.2 Å². The van der Waals surface area contributed by atoms with Crippen LogP contribution in [-0.4, -0.2) is 25.4 Å². The van der Waals surface area contributed by atoms with Gasteiger partial charge in [0.2, 0.25) is 0 Å². The second-order valence-corrected chi connectivity index (χ2v) is 4.51. The average Bonchev–Trinajstić information content (AvgIpc) is 2.36. The van der Waals surface area contributed by atoms with Crippen LogP contribution in [0.3, 0.4) is 0 Å². The topological polar surface area (TPSA) is 64.7 Å². The molecule has 4 nitrogen and oxygen atoms in total. The summed E-state index contributed by atoms with van der Waals surface area (Å²) in [7, 11) is 3.22. The van der Waals surface area contributed by atoms with Gasteiger partial charge in [0.05, 0.1) is 20.3 Å². The van der Waals surface area contributed by atoms with Crippen LogP contribution in [0.4, 0.5) is 0 Å². The molecule has 0 spiro atoms. The highest BCUT2D eigenvalue weighted by atomic mass is 16.5. The van der Waals surface area contributed by atoms with Crippen molar-refractivity contribution in [3.8, 4) is 11.5 Å². The predicted molar refractivity (Wildman–Crippen MR) is 72.2 cm³/mol. The minimum atomic E-state index is -0.543. The molecule has 102 valence electrons. The van der Waals surface area contributed by atoms with E-state index in [0.29, 0.717) is 18.6 Å². The number of ether oxygens (including phenoxy) is 2. The molecule has 1 aromatic rings. The molecule has 1 unspecified atom stereocenters. The Labute approximate surface area is 109 Å². The van der Waals surface area contributed by atoms with Gasteiger partial charge in [-0.05, 0) is 37.5 Å². The van der Waals surface area contributed by atoms with E-state index >= 15 is 0 Å². The highest BCUT2D eigenvalue weighted by molar-refractivity contribution is 5.47. The van der Waals surface area contributed by atoms with E-state index in [1.54, 1.807) is 14.2 Å². The Bertz CT molecular complexity index is 391. The van der Waals surface area contributed by atoms with Crippen LogP contribution in [0.2, 0.25) is 0 Å². The Morgan fingerprint density at radius 2 is 1.83 bits per heavy atom. The van der Waals surface area contributed by atoms with E-state index in [4.69, 9.17) is 15.2 Å². The summed E-state index contributed by atoms with van der Waals surface area (Å²) >= 11 is 0. The van der Waals surface area contributed by atoms with Gasteiger partial charge in [-0.2, -0.15) is 0 Å².